The number of likely N-dealkylation sites (N-methyl/N-ethyl adjacent to an activating group) is 1. The monoisotopic (exact) mass is 903 g/mol. The highest BCUT2D eigenvalue weighted by atomic mass is 19.3. The summed E-state index contributed by atoms with van der Waals surface area (Å²) in [5.41, 5.74) is -1.98. The highest BCUT2D eigenvalue weighted by Crippen LogP contribution is 2.68. The zero-order valence-corrected chi connectivity index (χ0v) is 38.2. The van der Waals surface area contributed by atoms with E-state index in [1.165, 1.54) is 35.4 Å². The number of piperidine rings is 1. The van der Waals surface area contributed by atoms with Crippen molar-refractivity contribution < 1.29 is 56.7 Å². The van der Waals surface area contributed by atoms with E-state index < -0.39 is 81.8 Å². The topological polar surface area (TPSA) is 172 Å². The number of ether oxygens (including phenoxy) is 5. The molecular weight excluding hydrogens is 845 g/mol. The van der Waals surface area contributed by atoms with Crippen molar-refractivity contribution in [3.63, 3.8) is 0 Å². The number of H-pyrrole nitrogens is 1. The Morgan fingerprint density at radius 3 is 2.40 bits per heavy atom. The summed E-state index contributed by atoms with van der Waals surface area (Å²) in [5, 5.41) is 16.8. The minimum absolute atomic E-state index is 0.0646. The zero-order chi connectivity index (χ0) is 46.6. The number of nitrogens with one attached hydrogen (secondary N) is 2. The minimum atomic E-state index is -2.99. The van der Waals surface area contributed by atoms with E-state index in [4.69, 9.17) is 23.7 Å². The van der Waals surface area contributed by atoms with Gasteiger partial charge in [-0.3, -0.25) is 19.8 Å². The van der Waals surface area contributed by atoms with E-state index in [9.17, 15) is 19.5 Å². The molecule has 6 heterocycles. The minimum Gasteiger partial charge on any atom is -0.496 e. The number of aromatic nitrogens is 1. The van der Waals surface area contributed by atoms with Crippen LogP contribution < -0.4 is 15.0 Å². The van der Waals surface area contributed by atoms with Crippen molar-refractivity contribution >= 4 is 46.3 Å². The predicted molar refractivity (Wildman–Crippen MR) is 235 cm³/mol. The quantitative estimate of drug-likeness (QED) is 0.151. The molecule has 1 saturated carbocycles. The molecule has 350 valence electrons. The van der Waals surface area contributed by atoms with Gasteiger partial charge < -0.3 is 43.6 Å². The van der Waals surface area contributed by atoms with Crippen LogP contribution in [-0.4, -0.2) is 142 Å². The fourth-order valence-electron chi connectivity index (χ4n) is 13.7. The number of benzene rings is 2. The number of alkyl halides is 2. The van der Waals surface area contributed by atoms with E-state index >= 15 is 13.6 Å². The Labute approximate surface area is 376 Å². The fraction of sp³-hybridized carbons (Fsp3) is 0.583. The van der Waals surface area contributed by atoms with Crippen molar-refractivity contribution in [1.29, 1.82) is 0 Å². The first-order chi connectivity index (χ1) is 30.9. The van der Waals surface area contributed by atoms with Crippen LogP contribution in [0.3, 0.4) is 0 Å². The number of aliphatic hydroxyl groups is 1. The van der Waals surface area contributed by atoms with Crippen LogP contribution in [0, 0.1) is 17.3 Å². The van der Waals surface area contributed by atoms with Gasteiger partial charge in [0.15, 0.2) is 6.10 Å². The Hall–Kier alpha value is -5.26. The molecule has 3 fully saturated rings. The normalized spacial score (nSPS) is 33.6. The molecule has 15 nitrogen and oxygen atoms in total. The molecule has 2 saturated heterocycles. The summed E-state index contributed by atoms with van der Waals surface area (Å²) < 4.78 is 59.7. The third-order valence-electron chi connectivity index (χ3n) is 16.1. The number of carbonyl (C=O) groups excluding carboxylic acids is 4. The van der Waals surface area contributed by atoms with Crippen LogP contribution in [0.15, 0.2) is 42.5 Å². The third-order valence-corrected chi connectivity index (χ3v) is 16.1. The molecule has 6 aliphatic rings. The summed E-state index contributed by atoms with van der Waals surface area (Å²) >= 11 is 0. The van der Waals surface area contributed by atoms with Crippen LogP contribution in [0.25, 0.3) is 10.9 Å². The number of amides is 1. The lowest BCUT2D eigenvalue weighted by molar-refractivity contribution is -0.228. The molecule has 6 unspecified atom stereocenters. The van der Waals surface area contributed by atoms with E-state index in [2.05, 4.69) is 20.1 Å². The van der Waals surface area contributed by atoms with Gasteiger partial charge in [0.2, 0.25) is 11.5 Å². The van der Waals surface area contributed by atoms with E-state index in [-0.39, 0.29) is 19.4 Å². The SMILES string of the molecule is CC[C@@]12C=CCN3CCC4(c5cc([C@@]6(C(=O)OC)CC7CC(C(C)(F)F)CN(CCc8c6[nH]c6ccc(NC(=O)OC)cc86)C7)c(OC)cc5N(C)C4[C@](O)(C(=O)OC)[C@H]1OC(C)=O)C32. The lowest BCUT2D eigenvalue weighted by Gasteiger charge is -2.63. The molecule has 9 rings (SSSR count). The second-order valence-corrected chi connectivity index (χ2v) is 19.2. The number of hydrogen-bond acceptors (Lipinski definition) is 13. The second-order valence-electron chi connectivity index (χ2n) is 19.2. The van der Waals surface area contributed by atoms with Crippen LogP contribution in [-0.2, 0) is 50.6 Å². The average molecular weight is 904 g/mol. The maximum atomic E-state index is 15.5. The number of rotatable bonds is 8. The van der Waals surface area contributed by atoms with Gasteiger partial charge >= 0.3 is 24.0 Å². The van der Waals surface area contributed by atoms with Gasteiger partial charge in [-0.1, -0.05) is 19.1 Å². The molecule has 1 aliphatic carbocycles. The molecule has 2 bridgehead atoms. The molecule has 5 aliphatic heterocycles. The Morgan fingerprint density at radius 2 is 1.74 bits per heavy atom. The van der Waals surface area contributed by atoms with Crippen molar-refractivity contribution in [1.82, 2.24) is 14.8 Å². The summed E-state index contributed by atoms with van der Waals surface area (Å²) in [6, 6.07) is 7.72. The number of halogens is 2. The maximum absolute atomic E-state index is 15.5. The van der Waals surface area contributed by atoms with Crippen LogP contribution >= 0.6 is 0 Å². The molecule has 10 atom stereocenters. The van der Waals surface area contributed by atoms with Crippen molar-refractivity contribution in [2.75, 3.05) is 78.4 Å². The molecule has 0 radical (unpaired) electrons. The van der Waals surface area contributed by atoms with Gasteiger partial charge in [0.05, 0.1) is 34.5 Å². The summed E-state index contributed by atoms with van der Waals surface area (Å²) in [4.78, 5) is 65.3. The number of aromatic amines is 1. The lowest BCUT2D eigenvalue weighted by atomic mass is 9.47. The predicted octanol–water partition coefficient (Wildman–Crippen LogP) is 5.30. The Kier molecular flexibility index (Phi) is 10.8. The third kappa shape index (κ3) is 6.26. The smallest absolute Gasteiger partial charge is 0.411 e. The van der Waals surface area contributed by atoms with Crippen LogP contribution in [0.2, 0.25) is 0 Å². The highest BCUT2D eigenvalue weighted by Gasteiger charge is 2.80. The molecule has 3 aromatic rings. The lowest BCUT2D eigenvalue weighted by Crippen LogP contribution is -2.81. The van der Waals surface area contributed by atoms with Crippen LogP contribution in [0.5, 0.6) is 5.75 Å². The fourth-order valence-corrected chi connectivity index (χ4v) is 13.7. The van der Waals surface area contributed by atoms with Crippen LogP contribution in [0.1, 0.15) is 68.8 Å². The molecule has 17 heteroatoms. The molecule has 1 spiro atoms. The highest BCUT2D eigenvalue weighted by molar-refractivity contribution is 5.97. The number of anilines is 2. The summed E-state index contributed by atoms with van der Waals surface area (Å²) in [6.07, 6.45) is 3.42. The first kappa shape index (κ1) is 44.9. The van der Waals surface area contributed by atoms with Gasteiger partial charge in [-0.05, 0) is 86.9 Å². The second kappa shape index (κ2) is 15.7. The van der Waals surface area contributed by atoms with Gasteiger partial charge in [0.25, 0.3) is 0 Å². The molecule has 1 aromatic heterocycles. The number of methoxy groups -OCH3 is 4. The number of esters is 3. The van der Waals surface area contributed by atoms with Gasteiger partial charge in [0.1, 0.15) is 11.2 Å². The van der Waals surface area contributed by atoms with Crippen LogP contribution in [0.4, 0.5) is 25.0 Å². The summed E-state index contributed by atoms with van der Waals surface area (Å²) in [5.74, 6) is -6.32. The maximum Gasteiger partial charge on any atom is 0.411 e. The van der Waals surface area contributed by atoms with Gasteiger partial charge in [-0.15, -0.1) is 0 Å². The number of hydrogen-bond donors (Lipinski definition) is 3. The molecule has 65 heavy (non-hydrogen) atoms. The first-order valence-corrected chi connectivity index (χ1v) is 22.4. The summed E-state index contributed by atoms with van der Waals surface area (Å²) in [7, 11) is 7.10. The number of nitrogens with zero attached hydrogens (tertiary/aromatic N) is 3. The van der Waals surface area contributed by atoms with Gasteiger partial charge in [-0.2, -0.15) is 0 Å². The first-order valence-electron chi connectivity index (χ1n) is 22.4. The van der Waals surface area contributed by atoms with E-state index in [1.807, 2.05) is 48.2 Å². The average Bonchev–Trinajstić information content (AvgIpc) is 3.94. The number of carbonyl (C=O) groups is 4. The van der Waals surface area contributed by atoms with Gasteiger partial charge in [0, 0.05) is 103 Å². The standard InChI is InChI=1S/C48H59F2N5O10/c1-9-45-14-10-16-55-18-15-46(38(45)55)32-21-33(36(61-5)22-35(32)53(4)39(46)48(60,42(58)63-7)40(45)65-26(2)56)47(41(57)62-6)23-27-19-28(44(3,49)50)25-54(24-27)17-13-30-31-20-29(51-43(59)64-8)11-12-34(31)52-37(30)47/h10-12,14,20-22,27-28,38-40,52,60H,9,13,15-19,23-25H2,1-8H3,(H,51,59)/t27?,28?,38?,39?,40-,45-,46?,47-,48+/m0/s1. The summed E-state index contributed by atoms with van der Waals surface area (Å²) in [6.45, 7) is 6.39. The molecular formula is C48H59F2N5O10. The molecule has 1 amide bonds. The van der Waals surface area contributed by atoms with Crippen molar-refractivity contribution in [3.05, 3.63) is 64.9 Å². The van der Waals surface area contributed by atoms with E-state index in [0.717, 1.165) is 23.4 Å². The van der Waals surface area contributed by atoms with Crippen molar-refractivity contribution in [3.8, 4) is 5.75 Å². The molecule has 2 aromatic carbocycles. The van der Waals surface area contributed by atoms with E-state index in [1.54, 1.807) is 13.1 Å². The van der Waals surface area contributed by atoms with Crippen molar-refractivity contribution in [2.24, 2.45) is 17.3 Å². The number of fused-ring (bicyclic) bond motifs is 6. The Balaban J connectivity index is 1.35. The Morgan fingerprint density at radius 1 is 0.985 bits per heavy atom. The zero-order valence-electron chi connectivity index (χ0n) is 38.2. The molecule has 3 N–H and O–H groups in total. The van der Waals surface area contributed by atoms with E-state index in [0.29, 0.717) is 79.3 Å². The Bertz CT molecular complexity index is 2490. The van der Waals surface area contributed by atoms with Crippen molar-refractivity contribution in [2.45, 2.75) is 93.4 Å². The van der Waals surface area contributed by atoms with Gasteiger partial charge in [-0.25, -0.2) is 18.4 Å². The largest absolute Gasteiger partial charge is 0.496 e.